The van der Waals surface area contributed by atoms with Gasteiger partial charge < -0.3 is 5.32 Å². The monoisotopic (exact) mass is 279 g/mol. The van der Waals surface area contributed by atoms with Crippen LogP contribution in [0.3, 0.4) is 0 Å². The molecule has 0 unspecified atom stereocenters. The van der Waals surface area contributed by atoms with Gasteiger partial charge in [-0.05, 0) is 30.3 Å². The molecule has 0 saturated heterocycles. The number of carbonyl (C=O) groups excluding carboxylic acids is 1. The highest BCUT2D eigenvalue weighted by molar-refractivity contribution is 7.90. The van der Waals surface area contributed by atoms with Crippen LogP contribution in [0.15, 0.2) is 41.4 Å². The van der Waals surface area contributed by atoms with E-state index in [4.69, 9.17) is 0 Å². The van der Waals surface area contributed by atoms with Crippen molar-refractivity contribution in [2.75, 3.05) is 11.6 Å². The first-order valence-corrected chi connectivity index (χ1v) is 7.36. The average molecular weight is 279 g/mol. The summed E-state index contributed by atoms with van der Waals surface area (Å²) >= 11 is 0. The minimum Gasteiger partial charge on any atom is -0.321 e. The van der Waals surface area contributed by atoms with Gasteiger partial charge in [0.2, 0.25) is 0 Å². The smallest absolute Gasteiger partial charge is 0.276 e. The van der Waals surface area contributed by atoms with Gasteiger partial charge in [-0.25, -0.2) is 8.42 Å². The van der Waals surface area contributed by atoms with Crippen LogP contribution in [0, 0.1) is 0 Å². The second-order valence-electron chi connectivity index (χ2n) is 4.13. The van der Waals surface area contributed by atoms with Crippen molar-refractivity contribution in [3.05, 3.63) is 42.2 Å². The molecule has 19 heavy (non-hydrogen) atoms. The summed E-state index contributed by atoms with van der Waals surface area (Å²) in [6, 6.07) is 7.57. The SMILES string of the molecule is Cn1ccc(C(=O)Nc2ccc(S(C)(=O)=O)cc2)n1. The number of amides is 1. The van der Waals surface area contributed by atoms with E-state index in [2.05, 4.69) is 10.4 Å². The van der Waals surface area contributed by atoms with Crippen LogP contribution in [0.25, 0.3) is 0 Å². The summed E-state index contributed by atoms with van der Waals surface area (Å²) in [4.78, 5) is 12.0. The van der Waals surface area contributed by atoms with E-state index in [1.807, 2.05) is 0 Å². The zero-order valence-electron chi connectivity index (χ0n) is 10.5. The zero-order valence-corrected chi connectivity index (χ0v) is 11.3. The van der Waals surface area contributed by atoms with Crippen molar-refractivity contribution in [2.45, 2.75) is 4.90 Å². The van der Waals surface area contributed by atoms with Crippen LogP contribution in [0.5, 0.6) is 0 Å². The van der Waals surface area contributed by atoms with Gasteiger partial charge in [0.05, 0.1) is 4.90 Å². The van der Waals surface area contributed by atoms with Crippen molar-refractivity contribution in [1.82, 2.24) is 9.78 Å². The van der Waals surface area contributed by atoms with Crippen LogP contribution < -0.4 is 5.32 Å². The van der Waals surface area contributed by atoms with Crippen LogP contribution in [-0.2, 0) is 16.9 Å². The molecule has 2 aromatic rings. The Hall–Kier alpha value is -2.15. The van der Waals surface area contributed by atoms with Crippen molar-refractivity contribution < 1.29 is 13.2 Å². The highest BCUT2D eigenvalue weighted by atomic mass is 32.2. The summed E-state index contributed by atoms with van der Waals surface area (Å²) in [5.41, 5.74) is 0.817. The lowest BCUT2D eigenvalue weighted by Gasteiger charge is -2.04. The third kappa shape index (κ3) is 3.19. The molecule has 0 fully saturated rings. The number of hydrogen-bond donors (Lipinski definition) is 1. The van der Waals surface area contributed by atoms with Crippen LogP contribution in [0.2, 0.25) is 0 Å². The number of aromatic nitrogens is 2. The molecule has 1 amide bonds. The zero-order chi connectivity index (χ0) is 14.0. The largest absolute Gasteiger partial charge is 0.321 e. The molecule has 1 aromatic carbocycles. The fraction of sp³-hybridized carbons (Fsp3) is 0.167. The lowest BCUT2D eigenvalue weighted by Crippen LogP contribution is -2.13. The van der Waals surface area contributed by atoms with E-state index >= 15 is 0 Å². The Morgan fingerprint density at radius 1 is 1.21 bits per heavy atom. The Morgan fingerprint density at radius 3 is 2.32 bits per heavy atom. The minimum atomic E-state index is -3.23. The normalized spacial score (nSPS) is 11.3. The number of aryl methyl sites for hydroxylation is 1. The van der Waals surface area contributed by atoms with Crippen molar-refractivity contribution in [1.29, 1.82) is 0 Å². The number of hydrogen-bond acceptors (Lipinski definition) is 4. The van der Waals surface area contributed by atoms with E-state index in [1.165, 1.54) is 28.9 Å². The number of benzene rings is 1. The van der Waals surface area contributed by atoms with Gasteiger partial charge >= 0.3 is 0 Å². The van der Waals surface area contributed by atoms with Gasteiger partial charge in [0, 0.05) is 25.2 Å². The van der Waals surface area contributed by atoms with Crippen LogP contribution in [0.1, 0.15) is 10.5 Å². The number of nitrogens with one attached hydrogen (secondary N) is 1. The van der Waals surface area contributed by atoms with Gasteiger partial charge in [-0.2, -0.15) is 5.10 Å². The Bertz CT molecular complexity index is 702. The second kappa shape index (κ2) is 4.85. The number of sulfone groups is 1. The van der Waals surface area contributed by atoms with Gasteiger partial charge in [-0.15, -0.1) is 0 Å². The molecule has 7 heteroatoms. The van der Waals surface area contributed by atoms with Gasteiger partial charge in [0.1, 0.15) is 0 Å². The standard InChI is InChI=1S/C12H13N3O3S/c1-15-8-7-11(14-15)12(16)13-9-3-5-10(6-4-9)19(2,17)18/h3-8H,1-2H3,(H,13,16). The Labute approximate surface area is 111 Å². The highest BCUT2D eigenvalue weighted by Gasteiger charge is 2.10. The number of anilines is 1. The van der Waals surface area contributed by atoms with E-state index in [0.717, 1.165) is 6.26 Å². The summed E-state index contributed by atoms with van der Waals surface area (Å²) in [6.07, 6.45) is 2.80. The first-order chi connectivity index (χ1) is 8.86. The average Bonchev–Trinajstić information content (AvgIpc) is 2.75. The molecular formula is C12H13N3O3S. The molecule has 6 nitrogen and oxygen atoms in total. The lowest BCUT2D eigenvalue weighted by atomic mass is 10.3. The molecule has 0 saturated carbocycles. The van der Waals surface area contributed by atoms with Crippen molar-refractivity contribution in [2.24, 2.45) is 7.05 Å². The van der Waals surface area contributed by atoms with Gasteiger partial charge in [0.15, 0.2) is 15.5 Å². The third-order valence-corrected chi connectivity index (χ3v) is 3.62. The van der Waals surface area contributed by atoms with Crippen molar-refractivity contribution in [3.8, 4) is 0 Å². The van der Waals surface area contributed by atoms with E-state index in [1.54, 1.807) is 19.3 Å². The van der Waals surface area contributed by atoms with Gasteiger partial charge in [-0.1, -0.05) is 0 Å². The van der Waals surface area contributed by atoms with Crippen LogP contribution in [0.4, 0.5) is 5.69 Å². The molecule has 2 rings (SSSR count). The molecule has 0 radical (unpaired) electrons. The molecule has 0 spiro atoms. The first kappa shape index (κ1) is 13.3. The quantitative estimate of drug-likeness (QED) is 0.911. The summed E-state index contributed by atoms with van der Waals surface area (Å²) in [7, 11) is -1.51. The number of carbonyl (C=O) groups is 1. The molecule has 1 N–H and O–H groups in total. The van der Waals surface area contributed by atoms with Gasteiger partial charge in [0.25, 0.3) is 5.91 Å². The summed E-state index contributed by atoms with van der Waals surface area (Å²) in [5.74, 6) is -0.340. The molecule has 0 atom stereocenters. The molecule has 0 aliphatic carbocycles. The number of nitrogens with zero attached hydrogens (tertiary/aromatic N) is 2. The Kier molecular flexibility index (Phi) is 3.39. The van der Waals surface area contributed by atoms with Crippen LogP contribution in [-0.4, -0.2) is 30.4 Å². The fourth-order valence-electron chi connectivity index (χ4n) is 1.52. The van der Waals surface area contributed by atoms with Crippen molar-refractivity contribution >= 4 is 21.4 Å². The predicted octanol–water partition coefficient (Wildman–Crippen LogP) is 1.08. The molecule has 100 valence electrons. The minimum absolute atomic E-state index is 0.211. The maximum atomic E-state index is 11.8. The Balaban J connectivity index is 2.14. The van der Waals surface area contributed by atoms with E-state index in [9.17, 15) is 13.2 Å². The highest BCUT2D eigenvalue weighted by Crippen LogP contribution is 2.14. The summed E-state index contributed by atoms with van der Waals surface area (Å²) in [5, 5.41) is 6.61. The predicted molar refractivity (Wildman–Crippen MR) is 70.7 cm³/mol. The van der Waals surface area contributed by atoms with E-state index in [-0.39, 0.29) is 10.8 Å². The molecular weight excluding hydrogens is 266 g/mol. The van der Waals surface area contributed by atoms with E-state index in [0.29, 0.717) is 11.4 Å². The number of rotatable bonds is 3. The first-order valence-electron chi connectivity index (χ1n) is 5.47. The Morgan fingerprint density at radius 2 is 1.84 bits per heavy atom. The second-order valence-corrected chi connectivity index (χ2v) is 6.14. The topological polar surface area (TPSA) is 81.1 Å². The third-order valence-electron chi connectivity index (χ3n) is 2.49. The van der Waals surface area contributed by atoms with Gasteiger partial charge in [-0.3, -0.25) is 9.48 Å². The van der Waals surface area contributed by atoms with Crippen molar-refractivity contribution in [3.63, 3.8) is 0 Å². The summed E-state index contributed by atoms with van der Waals surface area (Å²) in [6.45, 7) is 0. The molecule has 0 aliphatic heterocycles. The maximum absolute atomic E-state index is 11.8. The fourth-order valence-corrected chi connectivity index (χ4v) is 2.15. The molecule has 0 bridgehead atoms. The molecule has 1 heterocycles. The lowest BCUT2D eigenvalue weighted by molar-refractivity contribution is 0.102. The van der Waals surface area contributed by atoms with Crippen LogP contribution >= 0.6 is 0 Å². The van der Waals surface area contributed by atoms with E-state index < -0.39 is 9.84 Å². The molecule has 1 aromatic heterocycles. The molecule has 0 aliphatic rings. The summed E-state index contributed by atoms with van der Waals surface area (Å²) < 4.78 is 24.1. The maximum Gasteiger partial charge on any atom is 0.276 e.